The summed E-state index contributed by atoms with van der Waals surface area (Å²) in [6.45, 7) is 2.74. The van der Waals surface area contributed by atoms with Crippen molar-refractivity contribution in [1.82, 2.24) is 15.6 Å². The van der Waals surface area contributed by atoms with Crippen LogP contribution in [0, 0.1) is 6.92 Å². The van der Waals surface area contributed by atoms with Gasteiger partial charge in [-0.2, -0.15) is 0 Å². The highest BCUT2D eigenvalue weighted by molar-refractivity contribution is 5.79. The van der Waals surface area contributed by atoms with Crippen LogP contribution in [0.15, 0.2) is 23.3 Å². The van der Waals surface area contributed by atoms with Crippen molar-refractivity contribution in [2.45, 2.75) is 13.5 Å². The molecule has 0 aromatic carbocycles. The Labute approximate surface area is 84.5 Å². The summed E-state index contributed by atoms with van der Waals surface area (Å²) in [6, 6.07) is 3.98. The molecule has 0 bridgehead atoms. The Bertz CT molecular complexity index is 320. The first-order chi connectivity index (χ1) is 6.77. The highest BCUT2D eigenvalue weighted by atomic mass is 15.2. The topological polar surface area (TPSA) is 49.3 Å². The van der Waals surface area contributed by atoms with E-state index < -0.39 is 0 Å². The molecule has 0 aliphatic heterocycles. The minimum atomic E-state index is 0.695. The van der Waals surface area contributed by atoms with E-state index in [-0.39, 0.29) is 0 Å². The van der Waals surface area contributed by atoms with E-state index in [0.29, 0.717) is 6.54 Å². The first kappa shape index (κ1) is 10.5. The molecule has 0 atom stereocenters. The fraction of sp³-hybridized carbons (Fsp3) is 0.400. The van der Waals surface area contributed by atoms with Gasteiger partial charge in [0.15, 0.2) is 5.96 Å². The van der Waals surface area contributed by atoms with E-state index in [1.165, 1.54) is 5.56 Å². The highest BCUT2D eigenvalue weighted by Gasteiger charge is 1.99. The molecular weight excluding hydrogens is 176 g/mol. The van der Waals surface area contributed by atoms with Gasteiger partial charge in [-0.25, -0.2) is 0 Å². The average Bonchev–Trinajstić information content (AvgIpc) is 2.22. The van der Waals surface area contributed by atoms with Crippen LogP contribution in [0.2, 0.25) is 0 Å². The molecule has 1 rings (SSSR count). The number of pyridine rings is 1. The Kier molecular flexibility index (Phi) is 3.91. The second kappa shape index (κ2) is 5.21. The van der Waals surface area contributed by atoms with Crippen molar-refractivity contribution in [3.05, 3.63) is 29.6 Å². The summed E-state index contributed by atoms with van der Waals surface area (Å²) in [7, 11) is 3.57. The van der Waals surface area contributed by atoms with Gasteiger partial charge >= 0.3 is 0 Å². The van der Waals surface area contributed by atoms with Crippen molar-refractivity contribution in [2.75, 3.05) is 14.1 Å². The molecule has 2 N–H and O–H groups in total. The summed E-state index contributed by atoms with van der Waals surface area (Å²) in [5.41, 5.74) is 2.23. The molecule has 0 saturated carbocycles. The normalized spacial score (nSPS) is 11.2. The summed E-state index contributed by atoms with van der Waals surface area (Å²) in [4.78, 5) is 8.29. The summed E-state index contributed by atoms with van der Waals surface area (Å²) in [5.74, 6) is 0.773. The molecule has 0 aliphatic rings. The fourth-order valence-corrected chi connectivity index (χ4v) is 1.15. The first-order valence-electron chi connectivity index (χ1n) is 4.57. The lowest BCUT2D eigenvalue weighted by Crippen LogP contribution is -2.34. The van der Waals surface area contributed by atoms with Crippen molar-refractivity contribution < 1.29 is 0 Å². The zero-order chi connectivity index (χ0) is 10.4. The summed E-state index contributed by atoms with van der Waals surface area (Å²) < 4.78 is 0. The van der Waals surface area contributed by atoms with Gasteiger partial charge in [-0.3, -0.25) is 9.98 Å². The minimum Gasteiger partial charge on any atom is -0.359 e. The molecule has 1 aromatic heterocycles. The number of aromatic nitrogens is 1. The Balaban J connectivity index is 2.58. The van der Waals surface area contributed by atoms with Crippen LogP contribution in [0.5, 0.6) is 0 Å². The maximum atomic E-state index is 4.27. The van der Waals surface area contributed by atoms with Crippen molar-refractivity contribution in [1.29, 1.82) is 0 Å². The smallest absolute Gasteiger partial charge is 0.191 e. The number of aryl methyl sites for hydroxylation is 1. The molecule has 0 saturated heterocycles. The van der Waals surface area contributed by atoms with E-state index in [9.17, 15) is 0 Å². The minimum absolute atomic E-state index is 0.695. The van der Waals surface area contributed by atoms with Gasteiger partial charge in [-0.05, 0) is 18.6 Å². The van der Waals surface area contributed by atoms with Crippen LogP contribution in [-0.4, -0.2) is 25.0 Å². The summed E-state index contributed by atoms with van der Waals surface area (Å²) in [5, 5.41) is 6.11. The molecule has 0 unspecified atom stereocenters. The summed E-state index contributed by atoms with van der Waals surface area (Å²) in [6.07, 6.45) is 1.80. The zero-order valence-electron chi connectivity index (χ0n) is 8.83. The predicted octanol–water partition coefficient (Wildman–Crippen LogP) is 0.685. The number of hydrogen-bond acceptors (Lipinski definition) is 2. The third-order valence-corrected chi connectivity index (χ3v) is 2.00. The number of aliphatic imine (C=N–C) groups is 1. The van der Waals surface area contributed by atoms with E-state index in [1.807, 2.05) is 26.1 Å². The van der Waals surface area contributed by atoms with Crippen LogP contribution >= 0.6 is 0 Å². The Hall–Kier alpha value is -1.58. The van der Waals surface area contributed by atoms with Gasteiger partial charge in [0.25, 0.3) is 0 Å². The number of guanidine groups is 1. The zero-order valence-corrected chi connectivity index (χ0v) is 8.83. The summed E-state index contributed by atoms with van der Waals surface area (Å²) >= 11 is 0. The fourth-order valence-electron chi connectivity index (χ4n) is 1.15. The van der Waals surface area contributed by atoms with E-state index >= 15 is 0 Å². The molecule has 0 fully saturated rings. The van der Waals surface area contributed by atoms with E-state index in [1.54, 1.807) is 13.2 Å². The molecule has 1 aromatic rings. The quantitative estimate of drug-likeness (QED) is 0.535. The van der Waals surface area contributed by atoms with E-state index in [0.717, 1.165) is 11.7 Å². The van der Waals surface area contributed by atoms with Gasteiger partial charge in [0.1, 0.15) is 0 Å². The number of rotatable bonds is 2. The number of nitrogens with zero attached hydrogens (tertiary/aromatic N) is 2. The molecule has 1 heterocycles. The van der Waals surface area contributed by atoms with Crippen LogP contribution in [0.1, 0.15) is 11.3 Å². The SMILES string of the molecule is CN=C(NC)NCc1ncccc1C. The second-order valence-corrected chi connectivity index (χ2v) is 2.94. The molecule has 0 radical (unpaired) electrons. The van der Waals surface area contributed by atoms with Crippen LogP contribution in [-0.2, 0) is 6.54 Å². The van der Waals surface area contributed by atoms with Crippen LogP contribution in [0.4, 0.5) is 0 Å². The maximum absolute atomic E-state index is 4.27. The third kappa shape index (κ3) is 2.73. The molecule has 0 amide bonds. The van der Waals surface area contributed by atoms with Crippen LogP contribution < -0.4 is 10.6 Å². The predicted molar refractivity (Wildman–Crippen MR) is 58.2 cm³/mol. The standard InChI is InChI=1S/C10H16N4/c1-8-5-4-6-13-9(8)7-14-10(11-2)12-3/h4-6H,7H2,1-3H3,(H2,11,12,14). The third-order valence-electron chi connectivity index (χ3n) is 2.00. The first-order valence-corrected chi connectivity index (χ1v) is 4.57. The van der Waals surface area contributed by atoms with Crippen LogP contribution in [0.3, 0.4) is 0 Å². The Morgan fingerprint density at radius 1 is 1.57 bits per heavy atom. The lowest BCUT2D eigenvalue weighted by Gasteiger charge is -2.09. The average molecular weight is 192 g/mol. The molecule has 76 valence electrons. The van der Waals surface area contributed by atoms with Crippen molar-refractivity contribution in [2.24, 2.45) is 4.99 Å². The molecule has 14 heavy (non-hydrogen) atoms. The van der Waals surface area contributed by atoms with Gasteiger partial charge in [0.05, 0.1) is 12.2 Å². The van der Waals surface area contributed by atoms with Gasteiger partial charge in [0.2, 0.25) is 0 Å². The van der Waals surface area contributed by atoms with Gasteiger partial charge in [0, 0.05) is 20.3 Å². The highest BCUT2D eigenvalue weighted by Crippen LogP contribution is 2.01. The molecule has 0 aliphatic carbocycles. The van der Waals surface area contributed by atoms with Gasteiger partial charge in [-0.1, -0.05) is 6.07 Å². The lowest BCUT2D eigenvalue weighted by molar-refractivity contribution is 0.829. The van der Waals surface area contributed by atoms with Crippen molar-refractivity contribution in [3.8, 4) is 0 Å². The van der Waals surface area contributed by atoms with Crippen molar-refractivity contribution in [3.63, 3.8) is 0 Å². The van der Waals surface area contributed by atoms with Gasteiger partial charge < -0.3 is 10.6 Å². The maximum Gasteiger partial charge on any atom is 0.191 e. The second-order valence-electron chi connectivity index (χ2n) is 2.94. The van der Waals surface area contributed by atoms with E-state index in [4.69, 9.17) is 0 Å². The van der Waals surface area contributed by atoms with E-state index in [2.05, 4.69) is 20.6 Å². The Morgan fingerprint density at radius 3 is 2.93 bits per heavy atom. The number of hydrogen-bond donors (Lipinski definition) is 2. The van der Waals surface area contributed by atoms with Crippen LogP contribution in [0.25, 0.3) is 0 Å². The largest absolute Gasteiger partial charge is 0.359 e. The number of nitrogens with one attached hydrogen (secondary N) is 2. The molecular formula is C10H16N4. The monoisotopic (exact) mass is 192 g/mol. The van der Waals surface area contributed by atoms with Gasteiger partial charge in [-0.15, -0.1) is 0 Å². The molecule has 4 heteroatoms. The van der Waals surface area contributed by atoms with Crippen molar-refractivity contribution >= 4 is 5.96 Å². The lowest BCUT2D eigenvalue weighted by atomic mass is 10.2. The molecule has 0 spiro atoms. The molecule has 4 nitrogen and oxygen atoms in total. The Morgan fingerprint density at radius 2 is 2.36 bits per heavy atom.